The number of nitrogens with zero attached hydrogens (tertiary/aromatic N) is 4. The molecule has 0 saturated heterocycles. The number of hydrogen-bond donors (Lipinski definition) is 2. The van der Waals surface area contributed by atoms with Crippen LogP contribution < -0.4 is 15.4 Å². The van der Waals surface area contributed by atoms with E-state index in [2.05, 4.69) is 74.6 Å². The van der Waals surface area contributed by atoms with E-state index in [0.717, 1.165) is 58.7 Å². The lowest BCUT2D eigenvalue weighted by atomic mass is 9.83. The Hall–Kier alpha value is -3.52. The highest BCUT2D eigenvalue weighted by Gasteiger charge is 2.42. The van der Waals surface area contributed by atoms with E-state index < -0.39 is 8.32 Å². The summed E-state index contributed by atoms with van der Waals surface area (Å²) >= 11 is 0. The van der Waals surface area contributed by atoms with E-state index in [9.17, 15) is 5.26 Å². The first-order valence-corrected chi connectivity index (χ1v) is 18.7. The van der Waals surface area contributed by atoms with E-state index in [1.165, 1.54) is 12.8 Å². The molecule has 1 aliphatic carbocycles. The average Bonchev–Trinajstić information content (AvgIpc) is 3.63. The van der Waals surface area contributed by atoms with Gasteiger partial charge >= 0.3 is 0 Å². The molecule has 0 unspecified atom stereocenters. The molecule has 3 aliphatic rings. The number of pyridine rings is 1. The number of ether oxygens (including phenoxy) is 2. The topological polar surface area (TPSA) is 114 Å². The summed E-state index contributed by atoms with van der Waals surface area (Å²) in [5.41, 5.74) is 6.73. The van der Waals surface area contributed by atoms with Crippen LogP contribution >= 0.6 is 0 Å². The molecule has 9 nitrogen and oxygen atoms in total. The molecule has 1 saturated carbocycles. The summed E-state index contributed by atoms with van der Waals surface area (Å²) in [6, 6.07) is 10.4. The maximum Gasteiger partial charge on any atom is 0.238 e. The maximum absolute atomic E-state index is 10.1. The number of hydrogen-bond acceptors (Lipinski definition) is 9. The third-order valence-corrected chi connectivity index (χ3v) is 14.3. The lowest BCUT2D eigenvalue weighted by Gasteiger charge is -2.39. The molecule has 4 heterocycles. The molecule has 232 valence electrons. The number of aromatic nitrogens is 3. The highest BCUT2D eigenvalue weighted by atomic mass is 28.4. The van der Waals surface area contributed by atoms with Gasteiger partial charge in [-0.1, -0.05) is 27.7 Å². The molecule has 2 N–H and O–H groups in total. The molecule has 1 atom stereocenters. The minimum atomic E-state index is -1.96. The van der Waals surface area contributed by atoms with Gasteiger partial charge in [-0.3, -0.25) is 0 Å². The molecule has 3 aromatic rings. The number of rotatable bonds is 8. The van der Waals surface area contributed by atoms with Gasteiger partial charge in [0.2, 0.25) is 11.8 Å². The van der Waals surface area contributed by atoms with Gasteiger partial charge in [-0.25, -0.2) is 15.0 Å². The molecule has 2 aliphatic heterocycles. The van der Waals surface area contributed by atoms with Gasteiger partial charge in [-0.05, 0) is 73.6 Å². The minimum absolute atomic E-state index is 0.116. The lowest BCUT2D eigenvalue weighted by molar-refractivity contribution is 0.108. The zero-order chi connectivity index (χ0) is 31.1. The van der Waals surface area contributed by atoms with Gasteiger partial charge in [0, 0.05) is 42.3 Å². The Bertz CT molecular complexity index is 1590. The number of nitriles is 1. The van der Waals surface area contributed by atoms with Crippen molar-refractivity contribution >= 4 is 25.6 Å². The Morgan fingerprint density at radius 1 is 1.18 bits per heavy atom. The van der Waals surface area contributed by atoms with Gasteiger partial charge in [0.15, 0.2) is 8.32 Å². The van der Waals surface area contributed by atoms with Crippen molar-refractivity contribution in [2.75, 3.05) is 30.4 Å². The maximum atomic E-state index is 10.1. The van der Waals surface area contributed by atoms with Crippen molar-refractivity contribution in [3.05, 3.63) is 52.8 Å². The quantitative estimate of drug-likeness (QED) is 0.254. The van der Waals surface area contributed by atoms with Gasteiger partial charge in [0.05, 0.1) is 35.9 Å². The summed E-state index contributed by atoms with van der Waals surface area (Å²) in [7, 11) is -1.96. The van der Waals surface area contributed by atoms with Crippen LogP contribution in [0.3, 0.4) is 0 Å². The van der Waals surface area contributed by atoms with Gasteiger partial charge < -0.3 is 24.5 Å². The molecule has 0 bridgehead atoms. The predicted molar refractivity (Wildman–Crippen MR) is 175 cm³/mol. The Balaban J connectivity index is 1.31. The smallest absolute Gasteiger partial charge is 0.238 e. The second-order valence-electron chi connectivity index (χ2n) is 14.2. The van der Waals surface area contributed by atoms with Gasteiger partial charge in [-0.2, -0.15) is 5.26 Å². The normalized spacial score (nSPS) is 20.0. The second kappa shape index (κ2) is 11.8. The van der Waals surface area contributed by atoms with Crippen molar-refractivity contribution in [2.24, 2.45) is 0 Å². The van der Waals surface area contributed by atoms with E-state index in [-0.39, 0.29) is 16.6 Å². The van der Waals surface area contributed by atoms with Crippen LogP contribution in [0, 0.1) is 11.3 Å². The Morgan fingerprint density at radius 2 is 1.98 bits per heavy atom. The highest BCUT2D eigenvalue weighted by molar-refractivity contribution is 6.74. The van der Waals surface area contributed by atoms with E-state index in [0.29, 0.717) is 43.8 Å². The number of fused-ring (bicyclic) bond motifs is 2. The Kier molecular flexibility index (Phi) is 8.16. The summed E-state index contributed by atoms with van der Waals surface area (Å²) < 4.78 is 18.8. The number of nitrogens with one attached hydrogen (secondary N) is 2. The third kappa shape index (κ3) is 6.05. The molecule has 1 aromatic carbocycles. The second-order valence-corrected chi connectivity index (χ2v) is 19.0. The zero-order valence-electron chi connectivity index (χ0n) is 26.8. The van der Waals surface area contributed by atoms with Crippen LogP contribution in [0.2, 0.25) is 18.1 Å². The highest BCUT2D eigenvalue weighted by Crippen LogP contribution is 2.44. The van der Waals surface area contributed by atoms with Crippen LogP contribution in [-0.4, -0.2) is 49.1 Å². The van der Waals surface area contributed by atoms with Crippen LogP contribution in [0.25, 0.3) is 11.3 Å². The third-order valence-electron chi connectivity index (χ3n) is 9.80. The first-order valence-electron chi connectivity index (χ1n) is 15.8. The largest absolute Gasteiger partial charge is 0.473 e. The fraction of sp³-hybridized carbons (Fsp3) is 0.529. The molecular weight excluding hydrogens is 568 g/mol. The molecule has 0 spiro atoms. The molecule has 0 amide bonds. The summed E-state index contributed by atoms with van der Waals surface area (Å²) in [6.45, 7) is 16.0. The molecule has 1 fully saturated rings. The lowest BCUT2D eigenvalue weighted by Crippen LogP contribution is -2.45. The zero-order valence-corrected chi connectivity index (χ0v) is 27.8. The SMILES string of the molecule is CC(C)(C)[Si](C)(C)OC[C@@]1(C)CNc2c(C#N)cc(-c3ccnc(Nc4cc5c(nc4OC4CCCC4)CCOC5)n3)cc21. The molecule has 44 heavy (non-hydrogen) atoms. The average molecular weight is 613 g/mol. The van der Waals surface area contributed by atoms with E-state index in [1.54, 1.807) is 6.20 Å². The van der Waals surface area contributed by atoms with Crippen LogP contribution in [-0.2, 0) is 27.6 Å². The first kappa shape index (κ1) is 30.5. The summed E-state index contributed by atoms with van der Waals surface area (Å²) in [5.74, 6) is 1.04. The first-order chi connectivity index (χ1) is 21.0. The van der Waals surface area contributed by atoms with Crippen molar-refractivity contribution in [2.45, 2.75) is 96.1 Å². The monoisotopic (exact) mass is 612 g/mol. The summed E-state index contributed by atoms with van der Waals surface area (Å²) in [6.07, 6.45) is 7.14. The molecular formula is C34H44N6O3Si. The molecule has 2 aromatic heterocycles. The molecule has 6 rings (SSSR count). The standard InChI is InChI=1S/C34H44N6O3Si/c1-33(2,3)44(5,6)42-21-34(4)20-37-30-23(18-35)15-22(16-26(30)34)27-11-13-36-32(39-27)40-29-17-24-19-41-14-12-28(24)38-31(29)43-25-9-7-8-10-25/h11,13,15-17,25,37H,7-10,12,14,19-21H2,1-6H3,(H,36,39,40)/t34-/m1/s1. The fourth-order valence-corrected chi connectivity index (χ4v) is 7.03. The van der Waals surface area contributed by atoms with Crippen molar-refractivity contribution in [3.63, 3.8) is 0 Å². The van der Waals surface area contributed by atoms with Crippen molar-refractivity contribution in [1.82, 2.24) is 15.0 Å². The predicted octanol–water partition coefficient (Wildman–Crippen LogP) is 7.25. The van der Waals surface area contributed by atoms with E-state index >= 15 is 0 Å². The van der Waals surface area contributed by atoms with Gasteiger partial charge in [0.1, 0.15) is 17.9 Å². The van der Waals surface area contributed by atoms with Crippen molar-refractivity contribution in [3.8, 4) is 23.2 Å². The minimum Gasteiger partial charge on any atom is -0.473 e. The van der Waals surface area contributed by atoms with Crippen molar-refractivity contribution in [1.29, 1.82) is 5.26 Å². The summed E-state index contributed by atoms with van der Waals surface area (Å²) in [4.78, 5) is 14.3. The van der Waals surface area contributed by atoms with E-state index in [4.69, 9.17) is 23.9 Å². The van der Waals surface area contributed by atoms with Crippen LogP contribution in [0.4, 0.5) is 17.3 Å². The Labute approximate surface area is 261 Å². The molecule has 10 heteroatoms. The molecule has 0 radical (unpaired) electrons. The van der Waals surface area contributed by atoms with Gasteiger partial charge in [0.25, 0.3) is 0 Å². The summed E-state index contributed by atoms with van der Waals surface area (Å²) in [5, 5.41) is 17.1. The van der Waals surface area contributed by atoms with Crippen LogP contribution in [0.5, 0.6) is 5.88 Å². The Morgan fingerprint density at radius 3 is 2.73 bits per heavy atom. The van der Waals surface area contributed by atoms with Crippen LogP contribution in [0.15, 0.2) is 30.5 Å². The van der Waals surface area contributed by atoms with E-state index in [1.807, 2.05) is 12.1 Å². The van der Waals surface area contributed by atoms with Crippen LogP contribution in [0.1, 0.15) is 75.8 Å². The van der Waals surface area contributed by atoms with Gasteiger partial charge in [-0.15, -0.1) is 0 Å². The number of anilines is 3. The van der Waals surface area contributed by atoms with Crippen molar-refractivity contribution < 1.29 is 13.9 Å². The fourth-order valence-electron chi connectivity index (χ4n) is 5.92. The number of benzene rings is 1.